The third-order valence-electron chi connectivity index (χ3n) is 16.0. The summed E-state index contributed by atoms with van der Waals surface area (Å²) in [5, 5.41) is 10.6. The van der Waals surface area contributed by atoms with Crippen LogP contribution in [0.1, 0.15) is 350 Å². The van der Waals surface area contributed by atoms with Crippen molar-refractivity contribution >= 4 is 39.5 Å². The molecule has 0 aliphatic rings. The SMILES string of the molecule is CCCCCCCCCCCCCCCCCCCCC(=O)O[C@H](COC(=O)CCCCCCCCCCCC(C)C)COP(=O)(O)OC[C@@H](O)COP(=O)(O)OC[C@@H](COC(=O)CCCCCCCCCC)OC(=O)CCCCCCCCCC(C)C. The number of hydrogen-bond acceptors (Lipinski definition) is 15. The van der Waals surface area contributed by atoms with Gasteiger partial charge in [0.15, 0.2) is 12.2 Å². The number of carbonyl (C=O) groups is 4. The first kappa shape index (κ1) is 86.1. The predicted octanol–water partition coefficient (Wildman–Crippen LogP) is 19.6. The largest absolute Gasteiger partial charge is 0.472 e. The number of esters is 4. The molecule has 0 aliphatic carbocycles. The summed E-state index contributed by atoms with van der Waals surface area (Å²) in [6, 6.07) is 0. The molecule has 522 valence electrons. The average Bonchev–Trinajstić information content (AvgIpc) is 3.55. The Balaban J connectivity index is 5.20. The number of carbonyl (C=O) groups excluding carboxylic acids is 4. The highest BCUT2D eigenvalue weighted by Gasteiger charge is 2.30. The molecule has 2 unspecified atom stereocenters. The normalized spacial score (nSPS) is 14.2. The molecule has 0 heterocycles. The van der Waals surface area contributed by atoms with E-state index in [0.29, 0.717) is 31.6 Å². The van der Waals surface area contributed by atoms with Crippen molar-refractivity contribution in [1.82, 2.24) is 0 Å². The molecule has 19 heteroatoms. The van der Waals surface area contributed by atoms with Gasteiger partial charge in [0.2, 0.25) is 0 Å². The van der Waals surface area contributed by atoms with Crippen LogP contribution in [0.15, 0.2) is 0 Å². The Labute approximate surface area is 537 Å². The topological polar surface area (TPSA) is 237 Å². The Morgan fingerprint density at radius 2 is 0.523 bits per heavy atom. The van der Waals surface area contributed by atoms with Gasteiger partial charge in [0.1, 0.15) is 19.3 Å². The van der Waals surface area contributed by atoms with E-state index in [-0.39, 0.29) is 25.7 Å². The van der Waals surface area contributed by atoms with Crippen LogP contribution in [-0.2, 0) is 65.4 Å². The van der Waals surface area contributed by atoms with Gasteiger partial charge in [-0.1, -0.05) is 298 Å². The van der Waals surface area contributed by atoms with E-state index in [1.54, 1.807) is 0 Å². The van der Waals surface area contributed by atoms with Crippen LogP contribution in [0.2, 0.25) is 0 Å². The van der Waals surface area contributed by atoms with Crippen LogP contribution in [-0.4, -0.2) is 96.7 Å². The molecule has 0 radical (unpaired) electrons. The van der Waals surface area contributed by atoms with Crippen LogP contribution in [0.5, 0.6) is 0 Å². The molecule has 5 atom stereocenters. The van der Waals surface area contributed by atoms with Gasteiger partial charge in [-0.2, -0.15) is 0 Å². The highest BCUT2D eigenvalue weighted by molar-refractivity contribution is 7.47. The monoisotopic (exact) mass is 1300 g/mol. The zero-order valence-electron chi connectivity index (χ0n) is 57.0. The number of aliphatic hydroxyl groups is 1. The molecule has 0 bridgehead atoms. The van der Waals surface area contributed by atoms with Crippen molar-refractivity contribution in [3.05, 3.63) is 0 Å². The van der Waals surface area contributed by atoms with Crippen LogP contribution < -0.4 is 0 Å². The smallest absolute Gasteiger partial charge is 0.462 e. The van der Waals surface area contributed by atoms with Crippen molar-refractivity contribution in [1.29, 1.82) is 0 Å². The summed E-state index contributed by atoms with van der Waals surface area (Å²) < 4.78 is 68.1. The highest BCUT2D eigenvalue weighted by Crippen LogP contribution is 2.45. The van der Waals surface area contributed by atoms with Gasteiger partial charge in [0, 0.05) is 25.7 Å². The lowest BCUT2D eigenvalue weighted by molar-refractivity contribution is -0.161. The van der Waals surface area contributed by atoms with Crippen LogP contribution >= 0.6 is 15.6 Å². The van der Waals surface area contributed by atoms with E-state index < -0.39 is 97.5 Å². The lowest BCUT2D eigenvalue weighted by Gasteiger charge is -2.21. The summed E-state index contributed by atoms with van der Waals surface area (Å²) in [7, 11) is -9.89. The second-order valence-electron chi connectivity index (χ2n) is 25.9. The van der Waals surface area contributed by atoms with Crippen molar-refractivity contribution in [2.24, 2.45) is 11.8 Å². The number of rotatable bonds is 68. The van der Waals surface area contributed by atoms with E-state index in [2.05, 4.69) is 41.5 Å². The van der Waals surface area contributed by atoms with Crippen molar-refractivity contribution in [2.75, 3.05) is 39.6 Å². The van der Waals surface area contributed by atoms with Gasteiger partial charge >= 0.3 is 39.5 Å². The Hall–Kier alpha value is -1.94. The van der Waals surface area contributed by atoms with Gasteiger partial charge < -0.3 is 33.8 Å². The fraction of sp³-hybridized carbons (Fsp3) is 0.942. The number of phosphoric acid groups is 2. The third kappa shape index (κ3) is 62.8. The molecule has 0 amide bonds. The summed E-state index contributed by atoms with van der Waals surface area (Å²) in [6.45, 7) is 9.43. The number of ether oxygens (including phenoxy) is 4. The maximum atomic E-state index is 13.0. The van der Waals surface area contributed by atoms with Crippen LogP contribution in [0.3, 0.4) is 0 Å². The number of aliphatic hydroxyl groups excluding tert-OH is 1. The van der Waals surface area contributed by atoms with Gasteiger partial charge in [-0.25, -0.2) is 9.13 Å². The Bertz CT molecular complexity index is 1720. The summed E-state index contributed by atoms with van der Waals surface area (Å²) in [4.78, 5) is 72.4. The lowest BCUT2D eigenvalue weighted by atomic mass is 10.0. The maximum absolute atomic E-state index is 13.0. The zero-order chi connectivity index (χ0) is 65.0. The highest BCUT2D eigenvalue weighted by atomic mass is 31.2. The lowest BCUT2D eigenvalue weighted by Crippen LogP contribution is -2.30. The van der Waals surface area contributed by atoms with E-state index in [9.17, 15) is 43.2 Å². The maximum Gasteiger partial charge on any atom is 0.472 e. The average molecular weight is 1300 g/mol. The molecule has 0 spiro atoms. The van der Waals surface area contributed by atoms with E-state index >= 15 is 0 Å². The first-order chi connectivity index (χ1) is 42.4. The third-order valence-corrected chi connectivity index (χ3v) is 17.9. The molecule has 0 saturated heterocycles. The molecule has 0 saturated carbocycles. The molecule has 3 N–H and O–H groups in total. The summed E-state index contributed by atoms with van der Waals surface area (Å²) >= 11 is 0. The zero-order valence-corrected chi connectivity index (χ0v) is 58.8. The molecule has 88 heavy (non-hydrogen) atoms. The van der Waals surface area contributed by atoms with Crippen molar-refractivity contribution in [2.45, 2.75) is 368 Å². The van der Waals surface area contributed by atoms with Crippen LogP contribution in [0, 0.1) is 11.8 Å². The molecular weight excluding hydrogens is 1160 g/mol. The van der Waals surface area contributed by atoms with Crippen LogP contribution in [0.25, 0.3) is 0 Å². The molecule has 0 aromatic heterocycles. The van der Waals surface area contributed by atoms with Crippen molar-refractivity contribution in [3.8, 4) is 0 Å². The van der Waals surface area contributed by atoms with E-state index in [1.165, 1.54) is 161 Å². The predicted molar refractivity (Wildman–Crippen MR) is 354 cm³/mol. The first-order valence-corrected chi connectivity index (χ1v) is 39.0. The molecule has 0 aliphatic heterocycles. The van der Waals surface area contributed by atoms with Crippen LogP contribution in [0.4, 0.5) is 0 Å². The first-order valence-electron chi connectivity index (χ1n) is 36.0. The Morgan fingerprint density at radius 1 is 0.307 bits per heavy atom. The minimum atomic E-state index is -4.95. The number of hydrogen-bond donors (Lipinski definition) is 3. The molecule has 0 aromatic rings. The summed E-state index contributed by atoms with van der Waals surface area (Å²) in [5.74, 6) is -0.691. The summed E-state index contributed by atoms with van der Waals surface area (Å²) in [5.41, 5.74) is 0. The van der Waals surface area contributed by atoms with Crippen molar-refractivity contribution in [3.63, 3.8) is 0 Å². The second-order valence-corrected chi connectivity index (χ2v) is 28.8. The van der Waals surface area contributed by atoms with E-state index in [0.717, 1.165) is 102 Å². The quantitative estimate of drug-likeness (QED) is 0.0222. The Morgan fingerprint density at radius 3 is 0.773 bits per heavy atom. The van der Waals surface area contributed by atoms with Gasteiger partial charge in [-0.15, -0.1) is 0 Å². The standard InChI is InChI=1S/C69H134O17P2/c1-7-9-11-13-15-17-18-19-20-21-22-23-24-25-28-35-41-47-53-68(73)85-64(58-80-67(72)52-46-40-34-29-26-27-31-37-43-49-61(3)4)59-83-87(75,76)81-55-63(70)56-82-88(77,78)84-60-65(57-79-66(71)51-45-39-33-16-14-12-10-8-2)86-69(74)54-48-42-36-30-32-38-44-50-62(5)6/h61-65,70H,7-60H2,1-6H3,(H,75,76)(H,77,78)/t63-,64-,65-/m1/s1. The second kappa shape index (κ2) is 61.3. The fourth-order valence-electron chi connectivity index (χ4n) is 10.4. The number of unbranched alkanes of at least 4 members (excludes halogenated alkanes) is 38. The van der Waals surface area contributed by atoms with Crippen molar-refractivity contribution < 1.29 is 80.2 Å². The fourth-order valence-corrected chi connectivity index (χ4v) is 12.0. The number of phosphoric ester groups is 2. The van der Waals surface area contributed by atoms with Gasteiger partial charge in [-0.3, -0.25) is 37.3 Å². The van der Waals surface area contributed by atoms with E-state index in [1.807, 2.05) is 0 Å². The van der Waals surface area contributed by atoms with Gasteiger partial charge in [0.05, 0.1) is 26.4 Å². The minimum absolute atomic E-state index is 0.103. The molecule has 0 rings (SSSR count). The molecule has 17 nitrogen and oxygen atoms in total. The van der Waals surface area contributed by atoms with E-state index in [4.69, 9.17) is 37.0 Å². The Kier molecular flexibility index (Phi) is 59.9. The molecule has 0 aromatic carbocycles. The summed E-state index contributed by atoms with van der Waals surface area (Å²) in [6.07, 6.45) is 46.0. The van der Waals surface area contributed by atoms with Gasteiger partial charge in [0.25, 0.3) is 0 Å². The minimum Gasteiger partial charge on any atom is -0.462 e. The van der Waals surface area contributed by atoms with Gasteiger partial charge in [-0.05, 0) is 37.5 Å². The molecule has 0 fully saturated rings. The molecular formula is C69H134O17P2.